The van der Waals surface area contributed by atoms with Crippen molar-refractivity contribution in [2.45, 2.75) is 49.9 Å². The predicted molar refractivity (Wildman–Crippen MR) is 134 cm³/mol. The SMILES string of the molecule is NC(=O)CC(NC(=O)C(CS)NC(=O)C1CCCN1C(=O)C(N)Cc1c[nH]c2ccccc12)C(=O)O. The highest BCUT2D eigenvalue weighted by molar-refractivity contribution is 7.80. The van der Waals surface area contributed by atoms with Gasteiger partial charge >= 0.3 is 5.97 Å². The van der Waals surface area contributed by atoms with E-state index in [1.807, 2.05) is 30.5 Å². The topological polar surface area (TPSA) is 201 Å². The van der Waals surface area contributed by atoms with Crippen LogP contribution in [0.2, 0.25) is 0 Å². The Labute approximate surface area is 212 Å². The number of amides is 4. The number of likely N-dealkylation sites (tertiary alicyclic amines) is 1. The lowest BCUT2D eigenvalue weighted by atomic mass is 10.0. The van der Waals surface area contributed by atoms with Gasteiger partial charge in [0.25, 0.3) is 0 Å². The normalized spacial score (nSPS) is 17.8. The van der Waals surface area contributed by atoms with Crippen molar-refractivity contribution in [3.05, 3.63) is 36.0 Å². The smallest absolute Gasteiger partial charge is 0.326 e. The summed E-state index contributed by atoms with van der Waals surface area (Å²) in [7, 11) is 0. The molecule has 4 atom stereocenters. The number of hydrogen-bond donors (Lipinski definition) is 7. The molecule has 1 aliphatic rings. The molecule has 12 nitrogen and oxygen atoms in total. The molecule has 0 aliphatic carbocycles. The molecule has 0 radical (unpaired) electrons. The average Bonchev–Trinajstić information content (AvgIpc) is 3.49. The molecule has 1 aromatic heterocycles. The molecule has 13 heteroatoms. The predicted octanol–water partition coefficient (Wildman–Crippen LogP) is -1.11. The number of fused-ring (bicyclic) bond motifs is 1. The van der Waals surface area contributed by atoms with Gasteiger partial charge in [-0.3, -0.25) is 19.2 Å². The number of primary amides is 1. The summed E-state index contributed by atoms with van der Waals surface area (Å²) in [5, 5.41) is 14.9. The summed E-state index contributed by atoms with van der Waals surface area (Å²) in [6, 6.07) is 3.23. The third-order valence-electron chi connectivity index (χ3n) is 6.11. The van der Waals surface area contributed by atoms with Crippen molar-refractivity contribution >= 4 is 53.1 Å². The zero-order valence-electron chi connectivity index (χ0n) is 19.5. The second kappa shape index (κ2) is 11.9. The number of nitrogens with two attached hydrogens (primary N) is 2. The van der Waals surface area contributed by atoms with Crippen LogP contribution in [0.15, 0.2) is 30.5 Å². The first kappa shape index (κ1) is 27.0. The van der Waals surface area contributed by atoms with E-state index >= 15 is 0 Å². The van der Waals surface area contributed by atoms with Crippen molar-refractivity contribution in [2.24, 2.45) is 11.5 Å². The molecular weight excluding hydrogens is 488 g/mol. The number of aromatic nitrogens is 1. The number of nitrogens with zero attached hydrogens (tertiary/aromatic N) is 1. The van der Waals surface area contributed by atoms with Gasteiger partial charge in [0.05, 0.1) is 12.5 Å². The van der Waals surface area contributed by atoms with Crippen LogP contribution in [-0.2, 0) is 30.4 Å². The zero-order valence-corrected chi connectivity index (χ0v) is 20.4. The second-order valence-electron chi connectivity index (χ2n) is 8.67. The van der Waals surface area contributed by atoms with Crippen molar-refractivity contribution in [3.63, 3.8) is 0 Å². The Hall–Kier alpha value is -3.58. The first-order valence-electron chi connectivity index (χ1n) is 11.5. The molecule has 8 N–H and O–H groups in total. The van der Waals surface area contributed by atoms with Gasteiger partial charge in [0.15, 0.2) is 0 Å². The number of para-hydroxylation sites is 1. The van der Waals surface area contributed by atoms with Gasteiger partial charge in [0, 0.05) is 29.4 Å². The maximum absolute atomic E-state index is 13.1. The lowest BCUT2D eigenvalue weighted by Crippen LogP contribution is -2.57. The molecule has 194 valence electrons. The van der Waals surface area contributed by atoms with Crippen LogP contribution < -0.4 is 22.1 Å². The van der Waals surface area contributed by atoms with Crippen LogP contribution in [0.25, 0.3) is 10.9 Å². The van der Waals surface area contributed by atoms with Gasteiger partial charge in [-0.25, -0.2) is 4.79 Å². The number of aliphatic carboxylic acids is 1. The Balaban J connectivity index is 1.63. The monoisotopic (exact) mass is 518 g/mol. The molecule has 0 bridgehead atoms. The van der Waals surface area contributed by atoms with Crippen LogP contribution in [0.1, 0.15) is 24.8 Å². The molecule has 0 saturated carbocycles. The van der Waals surface area contributed by atoms with Crippen LogP contribution in [0.3, 0.4) is 0 Å². The van der Waals surface area contributed by atoms with Crippen LogP contribution in [-0.4, -0.2) is 81.1 Å². The van der Waals surface area contributed by atoms with E-state index in [-0.39, 0.29) is 18.1 Å². The molecule has 4 amide bonds. The second-order valence-corrected chi connectivity index (χ2v) is 9.04. The molecule has 0 spiro atoms. The molecule has 1 fully saturated rings. The molecule has 2 aromatic rings. The summed E-state index contributed by atoms with van der Waals surface area (Å²) in [6.07, 6.45) is 2.46. The average molecular weight is 519 g/mol. The highest BCUT2D eigenvalue weighted by atomic mass is 32.1. The number of rotatable bonds is 11. The maximum atomic E-state index is 13.1. The van der Waals surface area contributed by atoms with Crippen molar-refractivity contribution in [1.82, 2.24) is 20.5 Å². The fourth-order valence-corrected chi connectivity index (χ4v) is 4.53. The lowest BCUT2D eigenvalue weighted by molar-refractivity contribution is -0.144. The number of carboxylic acid groups (broad SMARTS) is 1. The fraction of sp³-hybridized carbons (Fsp3) is 0.435. The Kier molecular flexibility index (Phi) is 8.93. The Morgan fingerprint density at radius 3 is 2.56 bits per heavy atom. The van der Waals surface area contributed by atoms with Gasteiger partial charge in [-0.2, -0.15) is 12.6 Å². The van der Waals surface area contributed by atoms with E-state index in [0.717, 1.165) is 16.5 Å². The van der Waals surface area contributed by atoms with Gasteiger partial charge < -0.3 is 37.1 Å². The van der Waals surface area contributed by atoms with Gasteiger partial charge in [-0.1, -0.05) is 18.2 Å². The Bertz CT molecular complexity index is 1150. The number of benzene rings is 1. The summed E-state index contributed by atoms with van der Waals surface area (Å²) < 4.78 is 0. The lowest BCUT2D eigenvalue weighted by Gasteiger charge is -2.28. The molecule has 36 heavy (non-hydrogen) atoms. The third kappa shape index (κ3) is 6.34. The number of aromatic amines is 1. The summed E-state index contributed by atoms with van der Waals surface area (Å²) in [6.45, 7) is 0.343. The van der Waals surface area contributed by atoms with Crippen molar-refractivity contribution in [2.75, 3.05) is 12.3 Å². The highest BCUT2D eigenvalue weighted by Crippen LogP contribution is 2.22. The van der Waals surface area contributed by atoms with E-state index in [1.165, 1.54) is 4.90 Å². The number of hydrogen-bond acceptors (Lipinski definition) is 7. The number of H-pyrrole nitrogens is 1. The van der Waals surface area contributed by atoms with Crippen LogP contribution >= 0.6 is 12.6 Å². The molecule has 3 rings (SSSR count). The van der Waals surface area contributed by atoms with Gasteiger partial charge in [0.2, 0.25) is 23.6 Å². The third-order valence-corrected chi connectivity index (χ3v) is 6.47. The van der Waals surface area contributed by atoms with Gasteiger partial charge in [-0.05, 0) is 30.9 Å². The minimum Gasteiger partial charge on any atom is -0.480 e. The summed E-state index contributed by atoms with van der Waals surface area (Å²) in [5.74, 6) is -4.27. The Morgan fingerprint density at radius 2 is 1.89 bits per heavy atom. The molecular formula is C23H30N6O6S. The highest BCUT2D eigenvalue weighted by Gasteiger charge is 2.38. The van der Waals surface area contributed by atoms with E-state index in [4.69, 9.17) is 11.5 Å². The van der Waals surface area contributed by atoms with Gasteiger partial charge in [-0.15, -0.1) is 0 Å². The molecule has 1 aromatic carbocycles. The number of carboxylic acids is 1. The zero-order chi connectivity index (χ0) is 26.4. The van der Waals surface area contributed by atoms with E-state index < -0.39 is 54.3 Å². The maximum Gasteiger partial charge on any atom is 0.326 e. The summed E-state index contributed by atoms with van der Waals surface area (Å²) >= 11 is 4.07. The quantitative estimate of drug-likeness (QED) is 0.183. The molecule has 4 unspecified atom stereocenters. The minimum atomic E-state index is -1.54. The molecule has 1 aliphatic heterocycles. The Morgan fingerprint density at radius 1 is 1.17 bits per heavy atom. The van der Waals surface area contributed by atoms with Crippen molar-refractivity contribution in [3.8, 4) is 0 Å². The van der Waals surface area contributed by atoms with Gasteiger partial charge in [0.1, 0.15) is 18.1 Å². The standard InChI is InChI=1S/C23H30N6O6S/c24-14(8-12-10-26-15-5-2-1-4-13(12)15)22(33)29-7-3-6-18(29)21(32)28-17(11-36)20(31)27-16(23(34)35)9-19(25)30/h1-2,4-5,10,14,16-18,26,36H,3,6-9,11,24H2,(H2,25,30)(H,27,31)(H,28,32)(H,34,35). The first-order valence-corrected chi connectivity index (χ1v) is 12.1. The van der Waals surface area contributed by atoms with E-state index in [1.54, 1.807) is 0 Å². The van der Waals surface area contributed by atoms with Crippen LogP contribution in [0.4, 0.5) is 0 Å². The minimum absolute atomic E-state index is 0.138. The van der Waals surface area contributed by atoms with E-state index in [9.17, 15) is 29.1 Å². The van der Waals surface area contributed by atoms with Crippen LogP contribution in [0, 0.1) is 0 Å². The number of thiol groups is 1. The summed E-state index contributed by atoms with van der Waals surface area (Å²) in [4.78, 5) is 65.6. The number of carbonyl (C=O) groups is 5. The van der Waals surface area contributed by atoms with Crippen molar-refractivity contribution in [1.29, 1.82) is 0 Å². The van der Waals surface area contributed by atoms with E-state index in [2.05, 4.69) is 28.2 Å². The molecule has 1 saturated heterocycles. The largest absolute Gasteiger partial charge is 0.480 e. The van der Waals surface area contributed by atoms with E-state index in [0.29, 0.717) is 19.4 Å². The summed E-state index contributed by atoms with van der Waals surface area (Å²) in [5.41, 5.74) is 13.1. The first-order chi connectivity index (χ1) is 17.1. The number of nitrogens with one attached hydrogen (secondary N) is 3. The fourth-order valence-electron chi connectivity index (χ4n) is 4.28. The van der Waals surface area contributed by atoms with Crippen LogP contribution in [0.5, 0.6) is 0 Å². The number of carbonyl (C=O) groups excluding carboxylic acids is 4. The van der Waals surface area contributed by atoms with Crippen molar-refractivity contribution < 1.29 is 29.1 Å². The molecule has 2 heterocycles.